The zero-order valence-electron chi connectivity index (χ0n) is 36.0. The lowest BCUT2D eigenvalue weighted by molar-refractivity contribution is 0.602. The first kappa shape index (κ1) is 58.2. The molecule has 0 aliphatic heterocycles. The van der Waals surface area contributed by atoms with Crippen LogP contribution in [-0.2, 0) is 0 Å². The second-order valence-corrected chi connectivity index (χ2v) is 13.8. The molecule has 0 aromatic carbocycles. The lowest BCUT2D eigenvalue weighted by Gasteiger charge is -1.96. The van der Waals surface area contributed by atoms with Crippen molar-refractivity contribution in [3.8, 4) is 0 Å². The number of hydrogen-bond donors (Lipinski definition) is 0. The van der Waals surface area contributed by atoms with Gasteiger partial charge in [0.2, 0.25) is 0 Å². The molecule has 0 N–H and O–H groups in total. The molecular weight excluding hydrogens is 553 g/mol. The van der Waals surface area contributed by atoms with Gasteiger partial charge in [-0.25, -0.2) is 0 Å². The summed E-state index contributed by atoms with van der Waals surface area (Å²) in [5, 5.41) is 0. The minimum atomic E-state index is 1.34. The van der Waals surface area contributed by atoms with E-state index in [0.29, 0.717) is 0 Å². The van der Waals surface area contributed by atoms with Crippen molar-refractivity contribution >= 4 is 0 Å². The third kappa shape index (κ3) is 104. The van der Waals surface area contributed by atoms with Gasteiger partial charge in [0.1, 0.15) is 0 Å². The maximum Gasteiger partial charge on any atom is -0.0533 e. The van der Waals surface area contributed by atoms with Crippen molar-refractivity contribution in [2.24, 2.45) is 0 Å². The lowest BCUT2D eigenvalue weighted by atomic mass is 10.1. The van der Waals surface area contributed by atoms with E-state index < -0.39 is 0 Å². The number of rotatable bonds is 28. The van der Waals surface area contributed by atoms with Gasteiger partial charge >= 0.3 is 0 Å². The summed E-state index contributed by atoms with van der Waals surface area (Å²) in [6, 6.07) is 0. The summed E-state index contributed by atoms with van der Waals surface area (Å²) in [5.74, 6) is 0. The molecule has 0 unspecified atom stereocenters. The zero-order chi connectivity index (χ0) is 36.0. The van der Waals surface area contributed by atoms with Crippen LogP contribution in [0, 0.1) is 0 Å². The third-order valence-electron chi connectivity index (χ3n) is 8.24. The summed E-state index contributed by atoms with van der Waals surface area (Å²) in [5.41, 5.74) is 0. The highest BCUT2D eigenvalue weighted by Crippen LogP contribution is 2.08. The Hall–Kier alpha value is 0. The first-order chi connectivity index (χ1) is 22.5. The molecule has 0 aliphatic carbocycles. The maximum atomic E-state index is 2.26. The molecule has 0 radical (unpaired) electrons. The fraction of sp³-hybridized carbons (Fsp3) is 1.00. The Bertz CT molecular complexity index is 256. The molecule has 0 spiro atoms. The molecule has 0 heterocycles. The Morgan fingerprint density at radius 2 is 0.196 bits per heavy atom. The first-order valence-corrected chi connectivity index (χ1v) is 22.5. The van der Waals surface area contributed by atoms with Crippen LogP contribution in [0.2, 0.25) is 0 Å². The molecule has 0 fully saturated rings. The summed E-state index contributed by atoms with van der Waals surface area (Å²) in [7, 11) is 0. The van der Waals surface area contributed by atoms with E-state index in [0.717, 1.165) is 0 Å². The van der Waals surface area contributed by atoms with Crippen LogP contribution in [0.15, 0.2) is 0 Å². The van der Waals surface area contributed by atoms with E-state index in [9.17, 15) is 0 Å². The summed E-state index contributed by atoms with van der Waals surface area (Å²) in [6.45, 7) is 27.0. The van der Waals surface area contributed by atoms with Crippen LogP contribution < -0.4 is 0 Å². The SMILES string of the molecule is CCCCC.CCCCC.CCCCCCCCC.CCCCCCCCC.CCCCCCCCC.CCCCCCCCC. The quantitative estimate of drug-likeness (QED) is 0.0735. The average Bonchev–Trinajstić information content (AvgIpc) is 3.07. The Kier molecular flexibility index (Phi) is 95.4. The smallest absolute Gasteiger partial charge is 0.0533 e. The predicted molar refractivity (Wildman–Crippen MR) is 225 cm³/mol. The van der Waals surface area contributed by atoms with Gasteiger partial charge in [-0.05, 0) is 0 Å². The third-order valence-corrected chi connectivity index (χ3v) is 8.24. The Morgan fingerprint density at radius 3 is 0.261 bits per heavy atom. The van der Waals surface area contributed by atoms with Gasteiger partial charge in [-0.3, -0.25) is 0 Å². The van der Waals surface area contributed by atoms with Crippen molar-refractivity contribution in [2.45, 2.75) is 301 Å². The molecule has 0 aromatic rings. The van der Waals surface area contributed by atoms with Crippen LogP contribution in [0.1, 0.15) is 301 Å². The minimum Gasteiger partial charge on any atom is -0.0654 e. The van der Waals surface area contributed by atoms with Crippen LogP contribution >= 0.6 is 0 Å². The highest BCUT2D eigenvalue weighted by molar-refractivity contribution is 4.44. The van der Waals surface area contributed by atoms with Gasteiger partial charge in [-0.2, -0.15) is 0 Å². The molecular formula is C46H104. The normalized spacial score (nSPS) is 9.65. The van der Waals surface area contributed by atoms with Crippen LogP contribution in [0.25, 0.3) is 0 Å². The van der Waals surface area contributed by atoms with Crippen molar-refractivity contribution in [3.63, 3.8) is 0 Å². The van der Waals surface area contributed by atoms with Gasteiger partial charge in [0, 0.05) is 0 Å². The van der Waals surface area contributed by atoms with Crippen LogP contribution in [0.5, 0.6) is 0 Å². The van der Waals surface area contributed by atoms with Gasteiger partial charge in [0.15, 0.2) is 0 Å². The molecule has 0 amide bonds. The van der Waals surface area contributed by atoms with Crippen molar-refractivity contribution < 1.29 is 0 Å². The first-order valence-electron chi connectivity index (χ1n) is 22.5. The molecule has 288 valence electrons. The van der Waals surface area contributed by atoms with Gasteiger partial charge in [0.25, 0.3) is 0 Å². The molecule has 0 aromatic heterocycles. The van der Waals surface area contributed by atoms with E-state index in [-0.39, 0.29) is 0 Å². The minimum absolute atomic E-state index is 1.34. The van der Waals surface area contributed by atoms with E-state index in [4.69, 9.17) is 0 Å². The van der Waals surface area contributed by atoms with Crippen molar-refractivity contribution in [2.75, 3.05) is 0 Å². The predicted octanol–water partition coefficient (Wildman–Crippen LogP) is 19.4. The summed E-state index contributed by atoms with van der Waals surface area (Å²) in [4.78, 5) is 0. The van der Waals surface area contributed by atoms with Gasteiger partial charge in [-0.1, -0.05) is 301 Å². The topological polar surface area (TPSA) is 0 Å². The summed E-state index contributed by atoms with van der Waals surface area (Å²) < 4.78 is 0. The average molecular weight is 657 g/mol. The van der Waals surface area contributed by atoms with E-state index >= 15 is 0 Å². The standard InChI is InChI=1S/4C9H20.2C5H12/c4*1-3-5-7-9-8-6-4-2;2*1-3-5-4-2/h4*3-9H2,1-2H3;2*3-5H2,1-2H3. The largest absolute Gasteiger partial charge is 0.0654 e. The molecule has 0 atom stereocenters. The second kappa shape index (κ2) is 75.4. The van der Waals surface area contributed by atoms with E-state index in [1.54, 1.807) is 0 Å². The molecule has 0 bridgehead atoms. The number of hydrogen-bond acceptors (Lipinski definition) is 0. The van der Waals surface area contributed by atoms with Crippen LogP contribution in [-0.4, -0.2) is 0 Å². The molecule has 0 aliphatic rings. The molecule has 0 nitrogen and oxygen atoms in total. The van der Waals surface area contributed by atoms with Crippen molar-refractivity contribution in [1.82, 2.24) is 0 Å². The molecule has 0 rings (SSSR count). The fourth-order valence-corrected chi connectivity index (χ4v) is 4.83. The van der Waals surface area contributed by atoms with Crippen molar-refractivity contribution in [1.29, 1.82) is 0 Å². The molecule has 0 heteroatoms. The number of unbranched alkanes of at least 4 members (excludes halogenated alkanes) is 28. The van der Waals surface area contributed by atoms with Crippen LogP contribution in [0.4, 0.5) is 0 Å². The van der Waals surface area contributed by atoms with Gasteiger partial charge < -0.3 is 0 Å². The monoisotopic (exact) mass is 657 g/mol. The van der Waals surface area contributed by atoms with E-state index in [2.05, 4.69) is 83.1 Å². The highest BCUT2D eigenvalue weighted by atomic mass is 13.9. The maximum absolute atomic E-state index is 2.26. The Morgan fingerprint density at radius 1 is 0.109 bits per heavy atom. The summed E-state index contributed by atoms with van der Waals surface area (Å²) >= 11 is 0. The van der Waals surface area contributed by atoms with E-state index in [1.807, 2.05) is 0 Å². The molecule has 0 saturated carbocycles. The fourth-order valence-electron chi connectivity index (χ4n) is 4.83. The van der Waals surface area contributed by atoms with E-state index in [1.165, 1.54) is 218 Å². The zero-order valence-corrected chi connectivity index (χ0v) is 36.0. The molecule has 46 heavy (non-hydrogen) atoms. The van der Waals surface area contributed by atoms with Gasteiger partial charge in [-0.15, -0.1) is 0 Å². The Labute approximate surface area is 300 Å². The highest BCUT2D eigenvalue weighted by Gasteiger charge is 1.88. The van der Waals surface area contributed by atoms with Crippen LogP contribution in [0.3, 0.4) is 0 Å². The lowest BCUT2D eigenvalue weighted by Crippen LogP contribution is -1.76. The van der Waals surface area contributed by atoms with Crippen molar-refractivity contribution in [3.05, 3.63) is 0 Å². The molecule has 0 saturated heterocycles. The second-order valence-electron chi connectivity index (χ2n) is 13.8. The summed E-state index contributed by atoms with van der Waals surface area (Å²) in [6.07, 6.45) is 48.0. The Balaban J connectivity index is -0.000000106. The van der Waals surface area contributed by atoms with Gasteiger partial charge in [0.05, 0.1) is 0 Å².